The Labute approximate surface area is 141 Å². The topological polar surface area (TPSA) is 29.5 Å². The molecule has 4 heteroatoms. The molecule has 0 radical (unpaired) electrons. The second-order valence-electron chi connectivity index (χ2n) is 6.18. The maximum absolute atomic E-state index is 11.8. The molecule has 0 N–H and O–H groups in total. The van der Waals surface area contributed by atoms with Gasteiger partial charge < -0.3 is 9.64 Å². The van der Waals surface area contributed by atoms with E-state index in [0.29, 0.717) is 4.55 Å². The minimum Gasteiger partial charge on any atom is -0.484 e. The second-order valence-corrected chi connectivity index (χ2v) is 6.86. The van der Waals surface area contributed by atoms with E-state index in [1.54, 1.807) is 11.9 Å². The lowest BCUT2D eigenvalue weighted by Gasteiger charge is -2.27. The van der Waals surface area contributed by atoms with Gasteiger partial charge in [0, 0.05) is 7.05 Å². The van der Waals surface area contributed by atoms with Gasteiger partial charge in [-0.15, -0.1) is 0 Å². The van der Waals surface area contributed by atoms with E-state index in [9.17, 15) is 4.79 Å². The van der Waals surface area contributed by atoms with Crippen molar-refractivity contribution in [3.05, 3.63) is 29.3 Å². The average Bonchev–Trinajstić information content (AvgIpc) is 2.50. The first-order valence-electron chi connectivity index (χ1n) is 7.55. The van der Waals surface area contributed by atoms with E-state index in [1.165, 1.54) is 17.5 Å². The summed E-state index contributed by atoms with van der Waals surface area (Å²) in [5.74, 6) is 2.32. The molecule has 0 aliphatic heterocycles. The highest BCUT2D eigenvalue weighted by Gasteiger charge is 2.21. The van der Waals surface area contributed by atoms with Gasteiger partial charge in [0.15, 0.2) is 6.61 Å². The van der Waals surface area contributed by atoms with E-state index in [0.717, 1.165) is 30.4 Å². The van der Waals surface area contributed by atoms with Crippen molar-refractivity contribution in [1.29, 1.82) is 0 Å². The molecule has 0 heterocycles. The molecule has 0 spiro atoms. The summed E-state index contributed by atoms with van der Waals surface area (Å²) in [6.07, 6.45) is 3.57. The number of benzene rings is 1. The Kier molecular flexibility index (Phi) is 5.90. The van der Waals surface area contributed by atoms with Crippen molar-refractivity contribution in [3.63, 3.8) is 0 Å². The number of hydrogen-bond donors (Lipinski definition) is 0. The quantitative estimate of drug-likeness (QED) is 0.428. The van der Waals surface area contributed by atoms with E-state index in [1.807, 2.05) is 6.07 Å². The van der Waals surface area contributed by atoms with Crippen LogP contribution >= 0.6 is 22.6 Å². The van der Waals surface area contributed by atoms with Crippen LogP contribution in [-0.2, 0) is 17.6 Å². The molecule has 1 unspecified atom stereocenters. The number of ether oxygens (including phenoxy) is 1. The summed E-state index contributed by atoms with van der Waals surface area (Å²) in [5.41, 5.74) is 2.84. The number of amides is 1. The monoisotopic (exact) mass is 401 g/mol. The van der Waals surface area contributed by atoms with Crippen LogP contribution in [0.2, 0.25) is 0 Å². The fourth-order valence-electron chi connectivity index (χ4n) is 2.74. The number of nitrogens with zero attached hydrogens (tertiary/aromatic N) is 1. The van der Waals surface area contributed by atoms with Crippen LogP contribution in [0.15, 0.2) is 18.2 Å². The molecule has 1 aliphatic rings. The molecule has 0 aromatic heterocycles. The van der Waals surface area contributed by atoms with Crippen molar-refractivity contribution >= 4 is 28.5 Å². The highest BCUT2D eigenvalue weighted by atomic mass is 127. The van der Waals surface area contributed by atoms with Crippen LogP contribution in [0, 0.1) is 11.8 Å². The molecule has 1 aliphatic carbocycles. The molecule has 0 fully saturated rings. The van der Waals surface area contributed by atoms with Gasteiger partial charge >= 0.3 is 0 Å². The number of carbonyl (C=O) groups is 1. The lowest BCUT2D eigenvalue weighted by Crippen LogP contribution is -2.30. The van der Waals surface area contributed by atoms with Gasteiger partial charge in [0.2, 0.25) is 0 Å². The van der Waals surface area contributed by atoms with E-state index in [-0.39, 0.29) is 12.5 Å². The van der Waals surface area contributed by atoms with Crippen molar-refractivity contribution < 1.29 is 9.53 Å². The number of carbonyl (C=O) groups excluding carboxylic acids is 1. The number of likely N-dealkylation sites (N-methyl/N-ethyl adjacent to an activating group) is 1. The van der Waals surface area contributed by atoms with Crippen LogP contribution in [0.25, 0.3) is 0 Å². The third-order valence-corrected chi connectivity index (χ3v) is 5.38. The Morgan fingerprint density at radius 1 is 1.43 bits per heavy atom. The highest BCUT2D eigenvalue weighted by molar-refractivity contribution is 14.1. The second kappa shape index (κ2) is 7.47. The SMILES string of the molecule is CC(C)C1CCc2ccc(OCC(=O)N(C)CI)cc2C1. The fourth-order valence-corrected chi connectivity index (χ4v) is 3.12. The minimum atomic E-state index is 0.0159. The smallest absolute Gasteiger partial charge is 0.260 e. The van der Waals surface area contributed by atoms with Gasteiger partial charge in [0.25, 0.3) is 5.91 Å². The molecule has 1 atom stereocenters. The van der Waals surface area contributed by atoms with Gasteiger partial charge in [-0.25, -0.2) is 0 Å². The molecule has 21 heavy (non-hydrogen) atoms. The molecule has 0 bridgehead atoms. The first-order chi connectivity index (χ1) is 10.0. The van der Waals surface area contributed by atoms with Gasteiger partial charge in [-0.1, -0.05) is 42.5 Å². The number of alkyl halides is 1. The molecule has 0 saturated carbocycles. The van der Waals surface area contributed by atoms with Gasteiger partial charge in [0.05, 0.1) is 4.55 Å². The zero-order chi connectivity index (χ0) is 15.4. The molecule has 2 rings (SSSR count). The summed E-state index contributed by atoms with van der Waals surface area (Å²) in [7, 11) is 1.79. The van der Waals surface area contributed by atoms with Gasteiger partial charge in [-0.3, -0.25) is 4.79 Å². The third-order valence-electron chi connectivity index (χ3n) is 4.35. The molecule has 1 amide bonds. The van der Waals surface area contributed by atoms with E-state index in [2.05, 4.69) is 48.6 Å². The van der Waals surface area contributed by atoms with Crippen LogP contribution in [0.1, 0.15) is 31.4 Å². The summed E-state index contributed by atoms with van der Waals surface area (Å²) < 4.78 is 6.34. The number of rotatable bonds is 5. The lowest BCUT2D eigenvalue weighted by molar-refractivity contribution is -0.130. The number of hydrogen-bond acceptors (Lipinski definition) is 2. The van der Waals surface area contributed by atoms with E-state index < -0.39 is 0 Å². The molecule has 116 valence electrons. The predicted molar refractivity (Wildman–Crippen MR) is 93.9 cm³/mol. The van der Waals surface area contributed by atoms with E-state index >= 15 is 0 Å². The largest absolute Gasteiger partial charge is 0.484 e. The zero-order valence-corrected chi connectivity index (χ0v) is 15.2. The fraction of sp³-hybridized carbons (Fsp3) is 0.588. The maximum atomic E-state index is 11.8. The predicted octanol–water partition coefficient (Wildman–Crippen LogP) is 3.68. The van der Waals surface area contributed by atoms with Crippen molar-refractivity contribution in [3.8, 4) is 5.75 Å². The van der Waals surface area contributed by atoms with Crippen molar-refractivity contribution in [1.82, 2.24) is 4.90 Å². The summed E-state index contributed by atoms with van der Waals surface area (Å²) in [6.45, 7) is 4.72. The van der Waals surface area contributed by atoms with Crippen LogP contribution in [0.5, 0.6) is 5.75 Å². The van der Waals surface area contributed by atoms with Crippen molar-refractivity contribution in [2.75, 3.05) is 18.2 Å². The van der Waals surface area contributed by atoms with Gasteiger partial charge in [-0.05, 0) is 54.4 Å². The van der Waals surface area contributed by atoms with Crippen molar-refractivity contribution in [2.45, 2.75) is 33.1 Å². The third kappa shape index (κ3) is 4.34. The lowest BCUT2D eigenvalue weighted by atomic mass is 9.78. The Morgan fingerprint density at radius 3 is 2.86 bits per heavy atom. The first kappa shape index (κ1) is 16.6. The Bertz CT molecular complexity index is 502. The number of aryl methyl sites for hydroxylation is 1. The first-order valence-corrected chi connectivity index (χ1v) is 9.08. The summed E-state index contributed by atoms with van der Waals surface area (Å²) in [5, 5.41) is 0. The number of halogens is 1. The molecule has 0 saturated heterocycles. The van der Waals surface area contributed by atoms with Gasteiger partial charge in [0.1, 0.15) is 5.75 Å². The molecule has 1 aromatic carbocycles. The van der Waals surface area contributed by atoms with Crippen LogP contribution < -0.4 is 4.74 Å². The standard InChI is InChI=1S/C17H24INO2/c1-12(2)14-5-4-13-6-7-16(9-15(13)8-14)21-10-17(20)19(3)11-18/h6-7,9,12,14H,4-5,8,10-11H2,1-3H3. The van der Waals surface area contributed by atoms with Crippen molar-refractivity contribution in [2.24, 2.45) is 11.8 Å². The average molecular weight is 401 g/mol. The zero-order valence-electron chi connectivity index (χ0n) is 13.1. The Hall–Kier alpha value is -0.780. The summed E-state index contributed by atoms with van der Waals surface area (Å²) in [4.78, 5) is 13.4. The maximum Gasteiger partial charge on any atom is 0.260 e. The molecular formula is C17H24INO2. The Balaban J connectivity index is 2.00. The number of fused-ring (bicyclic) bond motifs is 1. The highest BCUT2D eigenvalue weighted by Crippen LogP contribution is 2.32. The van der Waals surface area contributed by atoms with Crippen LogP contribution in [0.3, 0.4) is 0 Å². The van der Waals surface area contributed by atoms with E-state index in [4.69, 9.17) is 4.74 Å². The van der Waals surface area contributed by atoms with Crippen LogP contribution in [-0.4, -0.2) is 29.0 Å². The van der Waals surface area contributed by atoms with Gasteiger partial charge in [-0.2, -0.15) is 0 Å². The minimum absolute atomic E-state index is 0.0159. The summed E-state index contributed by atoms with van der Waals surface area (Å²) in [6, 6.07) is 6.28. The Morgan fingerprint density at radius 2 is 2.19 bits per heavy atom. The molecular weight excluding hydrogens is 377 g/mol. The van der Waals surface area contributed by atoms with Crippen LogP contribution in [0.4, 0.5) is 0 Å². The normalized spacial score (nSPS) is 17.5. The molecule has 3 nitrogen and oxygen atoms in total. The summed E-state index contributed by atoms with van der Waals surface area (Å²) >= 11 is 2.17. The molecule has 1 aromatic rings.